The molecule has 0 aromatic carbocycles. The molecule has 0 amide bonds. The Morgan fingerprint density at radius 3 is 2.29 bits per heavy atom. The third kappa shape index (κ3) is 6.86. The Bertz CT molecular complexity index is 159. The highest BCUT2D eigenvalue weighted by Gasteiger charge is 2.41. The molecule has 0 aromatic rings. The standard InChI is InChI=1S/C6H10Cl2F4OSi/c7-5(8)14-3-1-2-13-6(11,12)4(9)10/h4-5H,1-3,14H2. The number of alkyl halides is 6. The molecule has 1 nitrogen and oxygen atoms in total. The second kappa shape index (κ2) is 6.87. The highest BCUT2D eigenvalue weighted by Crippen LogP contribution is 2.24. The second-order valence-electron chi connectivity index (χ2n) is 2.60. The van der Waals surface area contributed by atoms with Crippen molar-refractivity contribution in [3.63, 3.8) is 0 Å². The molecule has 0 atom stereocenters. The molecular formula is C6H10Cl2F4OSi. The van der Waals surface area contributed by atoms with Crippen molar-refractivity contribution >= 4 is 32.7 Å². The van der Waals surface area contributed by atoms with Crippen molar-refractivity contribution in [1.29, 1.82) is 0 Å². The third-order valence-electron chi connectivity index (χ3n) is 1.37. The van der Waals surface area contributed by atoms with Crippen LogP contribution in [0.2, 0.25) is 6.04 Å². The molecule has 0 aliphatic rings. The van der Waals surface area contributed by atoms with Crippen LogP contribution in [0.25, 0.3) is 0 Å². The highest BCUT2D eigenvalue weighted by atomic mass is 35.5. The Hall–Kier alpha value is 0.477. The van der Waals surface area contributed by atoms with Crippen LogP contribution in [0, 0.1) is 0 Å². The van der Waals surface area contributed by atoms with E-state index in [-0.39, 0.29) is 6.42 Å². The predicted octanol–water partition coefficient (Wildman–Crippen LogP) is 2.60. The molecule has 0 spiro atoms. The van der Waals surface area contributed by atoms with E-state index in [4.69, 9.17) is 23.2 Å². The lowest BCUT2D eigenvalue weighted by Gasteiger charge is -2.15. The molecule has 0 N–H and O–H groups in total. The molecule has 0 aromatic heterocycles. The van der Waals surface area contributed by atoms with Gasteiger partial charge < -0.3 is 4.74 Å². The van der Waals surface area contributed by atoms with Gasteiger partial charge in [-0.2, -0.15) is 8.78 Å². The van der Waals surface area contributed by atoms with Crippen LogP contribution in [-0.4, -0.2) is 33.1 Å². The molecule has 14 heavy (non-hydrogen) atoms. The maximum atomic E-state index is 12.1. The summed E-state index contributed by atoms with van der Waals surface area (Å²) in [5, 5.41) is 0. The van der Waals surface area contributed by atoms with E-state index in [9.17, 15) is 17.6 Å². The molecule has 0 bridgehead atoms. The van der Waals surface area contributed by atoms with Gasteiger partial charge in [-0.15, -0.1) is 23.2 Å². The van der Waals surface area contributed by atoms with Crippen LogP contribution in [0.5, 0.6) is 0 Å². The molecule has 0 aliphatic heterocycles. The first-order valence-electron chi connectivity index (χ1n) is 3.94. The van der Waals surface area contributed by atoms with Gasteiger partial charge in [0, 0.05) is 0 Å². The minimum Gasteiger partial charge on any atom is -0.316 e. The van der Waals surface area contributed by atoms with Gasteiger partial charge >= 0.3 is 12.5 Å². The van der Waals surface area contributed by atoms with E-state index in [0.29, 0.717) is 6.04 Å². The van der Waals surface area contributed by atoms with Gasteiger partial charge in [0.25, 0.3) is 0 Å². The van der Waals surface area contributed by atoms with E-state index in [1.807, 2.05) is 0 Å². The normalized spacial score (nSPS) is 13.7. The monoisotopic (exact) mass is 272 g/mol. The van der Waals surface area contributed by atoms with Crippen LogP contribution in [0.3, 0.4) is 0 Å². The van der Waals surface area contributed by atoms with Gasteiger partial charge in [-0.25, -0.2) is 8.78 Å². The van der Waals surface area contributed by atoms with Crippen LogP contribution >= 0.6 is 23.2 Å². The van der Waals surface area contributed by atoms with Gasteiger partial charge in [-0.3, -0.25) is 0 Å². The fraction of sp³-hybridized carbons (Fsp3) is 1.00. The molecule has 8 heteroatoms. The summed E-state index contributed by atoms with van der Waals surface area (Å²) in [7, 11) is -0.719. The van der Waals surface area contributed by atoms with Crippen LogP contribution < -0.4 is 0 Å². The van der Waals surface area contributed by atoms with Crippen molar-refractivity contribution in [2.45, 2.75) is 29.5 Å². The summed E-state index contributed by atoms with van der Waals surface area (Å²) in [5.41, 5.74) is 0. The van der Waals surface area contributed by atoms with E-state index >= 15 is 0 Å². The summed E-state index contributed by atoms with van der Waals surface area (Å²) in [5.74, 6) is 0. The highest BCUT2D eigenvalue weighted by molar-refractivity contribution is 6.68. The zero-order chi connectivity index (χ0) is 11.2. The minimum absolute atomic E-state index is 0.282. The molecule has 0 rings (SSSR count). The molecule has 0 radical (unpaired) electrons. The Balaban J connectivity index is 3.45. The number of halogens is 6. The van der Waals surface area contributed by atoms with Crippen LogP contribution in [0.1, 0.15) is 6.42 Å². The minimum atomic E-state index is -4.34. The zero-order valence-corrected chi connectivity index (χ0v) is 10.1. The van der Waals surface area contributed by atoms with Crippen molar-refractivity contribution in [2.24, 2.45) is 0 Å². The SMILES string of the molecule is FC(F)C(F)(F)OCCC[SiH2]C(Cl)Cl. The van der Waals surface area contributed by atoms with Crippen LogP contribution in [0.15, 0.2) is 0 Å². The van der Waals surface area contributed by atoms with Gasteiger partial charge in [0.05, 0.1) is 20.6 Å². The summed E-state index contributed by atoms with van der Waals surface area (Å²) < 4.78 is 50.6. The lowest BCUT2D eigenvalue weighted by Crippen LogP contribution is -2.30. The van der Waals surface area contributed by atoms with Gasteiger partial charge in [-0.05, 0) is 6.42 Å². The summed E-state index contributed by atoms with van der Waals surface area (Å²) >= 11 is 10.8. The van der Waals surface area contributed by atoms with Crippen LogP contribution in [0.4, 0.5) is 17.6 Å². The molecule has 0 fully saturated rings. The average Bonchev–Trinajstić information content (AvgIpc) is 2.02. The second-order valence-corrected chi connectivity index (χ2v) is 7.01. The Morgan fingerprint density at radius 1 is 1.29 bits per heavy atom. The smallest absolute Gasteiger partial charge is 0.316 e. The maximum Gasteiger partial charge on any atom is 0.416 e. The molecule has 0 unspecified atom stereocenters. The van der Waals surface area contributed by atoms with Crippen LogP contribution in [-0.2, 0) is 4.74 Å². The topological polar surface area (TPSA) is 9.23 Å². The fourth-order valence-electron chi connectivity index (χ4n) is 0.672. The lowest BCUT2D eigenvalue weighted by molar-refractivity contribution is -0.300. The summed E-state index contributed by atoms with van der Waals surface area (Å²) in [4.78, 5) is 0. The Labute approximate surface area is 91.5 Å². The predicted molar refractivity (Wildman–Crippen MR) is 50.4 cm³/mol. The van der Waals surface area contributed by atoms with E-state index in [2.05, 4.69) is 4.74 Å². The summed E-state index contributed by atoms with van der Waals surface area (Å²) in [6.45, 7) is -0.398. The number of hydrogen-bond donors (Lipinski definition) is 0. The first-order chi connectivity index (χ1) is 6.36. The molecular weight excluding hydrogens is 263 g/mol. The van der Waals surface area contributed by atoms with Crippen molar-refractivity contribution in [1.82, 2.24) is 0 Å². The summed E-state index contributed by atoms with van der Waals surface area (Å²) in [6, 6.07) is 0.594. The summed E-state index contributed by atoms with van der Waals surface area (Å²) in [6.07, 6.45) is -7.85. The number of ether oxygens (including phenoxy) is 1. The lowest BCUT2D eigenvalue weighted by atomic mass is 10.5. The van der Waals surface area contributed by atoms with Gasteiger partial charge in [-0.1, -0.05) is 6.04 Å². The first-order valence-corrected chi connectivity index (χ1v) is 6.63. The Morgan fingerprint density at radius 2 is 1.86 bits per heavy atom. The van der Waals surface area contributed by atoms with E-state index < -0.39 is 33.1 Å². The quantitative estimate of drug-likeness (QED) is 0.300. The van der Waals surface area contributed by atoms with E-state index in [1.54, 1.807) is 0 Å². The third-order valence-corrected chi connectivity index (χ3v) is 4.02. The fourth-order valence-corrected chi connectivity index (χ4v) is 2.40. The number of rotatable bonds is 7. The van der Waals surface area contributed by atoms with Crippen molar-refractivity contribution in [3.8, 4) is 0 Å². The largest absolute Gasteiger partial charge is 0.416 e. The zero-order valence-electron chi connectivity index (χ0n) is 7.16. The van der Waals surface area contributed by atoms with E-state index in [1.165, 1.54) is 0 Å². The molecule has 0 saturated carbocycles. The maximum absolute atomic E-state index is 12.1. The molecule has 86 valence electrons. The molecule has 0 aliphatic carbocycles. The molecule has 0 saturated heterocycles. The van der Waals surface area contributed by atoms with Crippen molar-refractivity contribution in [3.05, 3.63) is 0 Å². The van der Waals surface area contributed by atoms with Crippen molar-refractivity contribution in [2.75, 3.05) is 6.61 Å². The van der Waals surface area contributed by atoms with E-state index in [0.717, 1.165) is 0 Å². The first kappa shape index (κ1) is 14.5. The van der Waals surface area contributed by atoms with Gasteiger partial charge in [0.15, 0.2) is 0 Å². The average molecular weight is 273 g/mol. The Kier molecular flexibility index (Phi) is 7.10. The van der Waals surface area contributed by atoms with Crippen molar-refractivity contribution < 1.29 is 22.3 Å². The van der Waals surface area contributed by atoms with Gasteiger partial charge in [0.1, 0.15) is 0 Å². The molecule has 0 heterocycles. The number of hydrogen-bond acceptors (Lipinski definition) is 1. The van der Waals surface area contributed by atoms with Gasteiger partial charge in [0.2, 0.25) is 0 Å².